The van der Waals surface area contributed by atoms with E-state index < -0.39 is 16.5 Å². The molecule has 2 saturated heterocycles. The van der Waals surface area contributed by atoms with Crippen LogP contribution in [0.4, 0.5) is 14.4 Å². The molecule has 1 aromatic rings. The molecule has 3 amide bonds. The van der Waals surface area contributed by atoms with Crippen LogP contribution in [0.2, 0.25) is 0 Å². The van der Waals surface area contributed by atoms with Crippen LogP contribution >= 0.6 is 0 Å². The van der Waals surface area contributed by atoms with E-state index in [0.29, 0.717) is 11.3 Å². The highest BCUT2D eigenvalue weighted by Crippen LogP contribution is 2.36. The third-order valence-electron chi connectivity index (χ3n) is 4.33. The molecular weight excluding hydrogens is 353 g/mol. The summed E-state index contributed by atoms with van der Waals surface area (Å²) in [5, 5.41) is 5.38. The number of carbonyl (C=O) groups is 2. The number of hydrogen-bond donors (Lipinski definition) is 2. The first-order valence-electron chi connectivity index (χ1n) is 7.93. The van der Waals surface area contributed by atoms with E-state index in [1.807, 2.05) is 0 Å². The van der Waals surface area contributed by atoms with Gasteiger partial charge in [0.15, 0.2) is 5.75 Å². The van der Waals surface area contributed by atoms with Gasteiger partial charge in [0.05, 0.1) is 0 Å². The second-order valence-corrected chi connectivity index (χ2v) is 6.93. The highest BCUT2D eigenvalue weighted by molar-refractivity contribution is 7.81. The predicted octanol–water partition coefficient (Wildman–Crippen LogP) is 1.19. The molecule has 0 atom stereocenters. The number of piperidine rings is 1. The summed E-state index contributed by atoms with van der Waals surface area (Å²) in [6.45, 7) is 1.69. The molecule has 0 aliphatic carbocycles. The topological polar surface area (TPSA) is 105 Å². The van der Waals surface area contributed by atoms with E-state index in [0.717, 1.165) is 25.9 Å². The largest absolute Gasteiger partial charge is 0.488 e. The van der Waals surface area contributed by atoms with Crippen LogP contribution in [-0.4, -0.2) is 40.0 Å². The maximum absolute atomic E-state index is 13.1. The zero-order chi connectivity index (χ0) is 18.0. The van der Waals surface area contributed by atoms with Crippen LogP contribution in [0.25, 0.3) is 0 Å². The number of benzene rings is 1. The molecular formula is C15H18FN3O5S. The Bertz CT molecular complexity index is 792. The lowest BCUT2D eigenvalue weighted by Crippen LogP contribution is -2.49. The van der Waals surface area contributed by atoms with Gasteiger partial charge < -0.3 is 9.50 Å². The van der Waals surface area contributed by atoms with E-state index in [2.05, 4.69) is 14.8 Å². The maximum Gasteiger partial charge on any atom is 0.488 e. The third kappa shape index (κ3) is 4.26. The highest BCUT2D eigenvalue weighted by Gasteiger charge is 2.27. The SMILES string of the molecule is O=C1CCN(c2ccc(C3CCNCC3)c(OS(=O)(=O)F)c2)C(=O)N1. The molecule has 10 heteroatoms. The van der Waals surface area contributed by atoms with Crippen molar-refractivity contribution in [2.45, 2.75) is 25.2 Å². The molecule has 0 spiro atoms. The summed E-state index contributed by atoms with van der Waals surface area (Å²) < 4.78 is 39.6. The first kappa shape index (κ1) is 17.6. The molecule has 0 unspecified atom stereocenters. The van der Waals surface area contributed by atoms with E-state index in [4.69, 9.17) is 0 Å². The number of nitrogens with zero attached hydrogens (tertiary/aromatic N) is 1. The van der Waals surface area contributed by atoms with Gasteiger partial charge in [0.2, 0.25) is 5.91 Å². The number of urea groups is 1. The fourth-order valence-electron chi connectivity index (χ4n) is 3.15. The summed E-state index contributed by atoms with van der Waals surface area (Å²) in [4.78, 5) is 24.5. The second kappa shape index (κ2) is 6.96. The van der Waals surface area contributed by atoms with Gasteiger partial charge in [0, 0.05) is 24.7 Å². The normalized spacial score (nSPS) is 19.6. The fraction of sp³-hybridized carbons (Fsp3) is 0.467. The molecule has 8 nitrogen and oxygen atoms in total. The Kier molecular flexibility index (Phi) is 4.91. The molecule has 25 heavy (non-hydrogen) atoms. The Balaban J connectivity index is 1.94. The summed E-state index contributed by atoms with van der Waals surface area (Å²) in [5.74, 6) is -0.476. The molecule has 3 rings (SSSR count). The standard InChI is InChI=1S/C15H18FN3O5S/c16-25(22,23)24-13-9-11(19-8-5-14(20)18-15(19)21)1-2-12(13)10-3-6-17-7-4-10/h1-2,9-10,17H,3-8H2,(H,18,20,21). The van der Waals surface area contributed by atoms with E-state index in [1.54, 1.807) is 12.1 Å². The van der Waals surface area contributed by atoms with Crippen molar-refractivity contribution in [1.82, 2.24) is 10.6 Å². The van der Waals surface area contributed by atoms with Gasteiger partial charge in [-0.3, -0.25) is 15.0 Å². The number of anilines is 1. The van der Waals surface area contributed by atoms with Crippen LogP contribution in [-0.2, 0) is 15.3 Å². The lowest BCUT2D eigenvalue weighted by molar-refractivity contribution is -0.120. The van der Waals surface area contributed by atoms with Gasteiger partial charge in [-0.2, -0.15) is 8.42 Å². The predicted molar refractivity (Wildman–Crippen MR) is 87.4 cm³/mol. The maximum atomic E-state index is 13.1. The number of rotatable bonds is 4. The molecule has 2 aliphatic rings. The lowest BCUT2D eigenvalue weighted by atomic mass is 9.89. The van der Waals surface area contributed by atoms with E-state index in [9.17, 15) is 21.9 Å². The summed E-state index contributed by atoms with van der Waals surface area (Å²) in [6.07, 6.45) is 1.65. The Morgan fingerprint density at radius 3 is 2.56 bits per heavy atom. The Morgan fingerprint density at radius 1 is 1.20 bits per heavy atom. The van der Waals surface area contributed by atoms with Crippen molar-refractivity contribution in [3.63, 3.8) is 0 Å². The average Bonchev–Trinajstić information content (AvgIpc) is 2.54. The molecule has 0 radical (unpaired) electrons. The zero-order valence-corrected chi connectivity index (χ0v) is 14.1. The van der Waals surface area contributed by atoms with Gasteiger partial charge in [0.1, 0.15) is 0 Å². The minimum absolute atomic E-state index is 0.0313. The van der Waals surface area contributed by atoms with Crippen molar-refractivity contribution in [2.24, 2.45) is 0 Å². The van der Waals surface area contributed by atoms with Gasteiger partial charge in [-0.1, -0.05) is 9.95 Å². The quantitative estimate of drug-likeness (QED) is 0.771. The molecule has 136 valence electrons. The summed E-state index contributed by atoms with van der Waals surface area (Å²) >= 11 is 0. The smallest absolute Gasteiger partial charge is 0.358 e. The van der Waals surface area contributed by atoms with Gasteiger partial charge >= 0.3 is 16.5 Å². The van der Waals surface area contributed by atoms with Crippen LogP contribution in [0, 0.1) is 0 Å². The first-order chi connectivity index (χ1) is 11.8. The highest BCUT2D eigenvalue weighted by atomic mass is 32.3. The summed E-state index contributed by atoms with van der Waals surface area (Å²) in [5.41, 5.74) is 0.918. The van der Waals surface area contributed by atoms with E-state index in [1.165, 1.54) is 11.0 Å². The number of imide groups is 1. The van der Waals surface area contributed by atoms with Crippen LogP contribution in [0.15, 0.2) is 18.2 Å². The van der Waals surface area contributed by atoms with Crippen LogP contribution in [0.5, 0.6) is 5.75 Å². The molecule has 0 bridgehead atoms. The summed E-state index contributed by atoms with van der Waals surface area (Å²) in [7, 11) is -5.20. The van der Waals surface area contributed by atoms with Crippen molar-refractivity contribution >= 4 is 28.1 Å². The molecule has 2 aliphatic heterocycles. The molecule has 0 saturated carbocycles. The van der Waals surface area contributed by atoms with Gasteiger partial charge in [0.25, 0.3) is 0 Å². The van der Waals surface area contributed by atoms with E-state index in [-0.39, 0.29) is 30.5 Å². The zero-order valence-electron chi connectivity index (χ0n) is 13.3. The number of nitrogens with one attached hydrogen (secondary N) is 2. The molecule has 0 aromatic heterocycles. The van der Waals surface area contributed by atoms with Gasteiger partial charge in [-0.25, -0.2) is 4.79 Å². The van der Waals surface area contributed by atoms with Crippen molar-refractivity contribution in [2.75, 3.05) is 24.5 Å². The Labute approximate surface area is 144 Å². The van der Waals surface area contributed by atoms with Crippen molar-refractivity contribution < 1.29 is 26.1 Å². The monoisotopic (exact) mass is 371 g/mol. The second-order valence-electron chi connectivity index (χ2n) is 5.98. The molecule has 2 fully saturated rings. The molecule has 2 heterocycles. The fourth-order valence-corrected chi connectivity index (χ4v) is 3.51. The molecule has 2 N–H and O–H groups in total. The van der Waals surface area contributed by atoms with Crippen molar-refractivity contribution in [3.8, 4) is 5.75 Å². The minimum atomic E-state index is -5.20. The first-order valence-corrected chi connectivity index (χ1v) is 9.24. The Morgan fingerprint density at radius 2 is 1.92 bits per heavy atom. The number of amides is 3. The summed E-state index contributed by atoms with van der Waals surface area (Å²) in [6, 6.07) is 4.00. The van der Waals surface area contributed by atoms with Crippen LogP contribution in [0.3, 0.4) is 0 Å². The number of hydrogen-bond acceptors (Lipinski definition) is 6. The van der Waals surface area contributed by atoms with Crippen LogP contribution in [0.1, 0.15) is 30.7 Å². The lowest BCUT2D eigenvalue weighted by Gasteiger charge is -2.28. The number of halogens is 1. The van der Waals surface area contributed by atoms with E-state index >= 15 is 0 Å². The Hall–Kier alpha value is -2.20. The minimum Gasteiger partial charge on any atom is -0.358 e. The third-order valence-corrected chi connectivity index (χ3v) is 4.71. The van der Waals surface area contributed by atoms with Crippen molar-refractivity contribution in [3.05, 3.63) is 23.8 Å². The van der Waals surface area contributed by atoms with Gasteiger partial charge in [-0.15, -0.1) is 0 Å². The van der Waals surface area contributed by atoms with Gasteiger partial charge in [-0.05, 0) is 43.5 Å². The van der Waals surface area contributed by atoms with Crippen LogP contribution < -0.4 is 19.7 Å². The number of carbonyl (C=O) groups excluding carboxylic acids is 2. The molecule has 1 aromatic carbocycles. The van der Waals surface area contributed by atoms with Crippen molar-refractivity contribution in [1.29, 1.82) is 0 Å². The average molecular weight is 371 g/mol.